The lowest BCUT2D eigenvalue weighted by Gasteiger charge is -2.34. The van der Waals surface area contributed by atoms with Crippen LogP contribution in [0.2, 0.25) is 0 Å². The molecule has 0 heterocycles. The molecular weight excluding hydrogens is 356 g/mol. The molecule has 0 aliphatic carbocycles. The van der Waals surface area contributed by atoms with Crippen LogP contribution in [0.15, 0.2) is 36.4 Å². The van der Waals surface area contributed by atoms with Gasteiger partial charge in [0.25, 0.3) is 0 Å². The summed E-state index contributed by atoms with van der Waals surface area (Å²) >= 11 is 0. The van der Waals surface area contributed by atoms with Crippen molar-refractivity contribution in [1.29, 1.82) is 0 Å². The topological polar surface area (TPSA) is 40.5 Å². The van der Waals surface area contributed by atoms with E-state index in [2.05, 4.69) is 52.0 Å². The second-order valence-corrected chi connectivity index (χ2v) is 8.39. The molecule has 0 aliphatic heterocycles. The van der Waals surface area contributed by atoms with E-state index in [-0.39, 0.29) is 5.41 Å². The lowest BCUT2D eigenvalue weighted by Crippen LogP contribution is -2.26. The van der Waals surface area contributed by atoms with Gasteiger partial charge in [-0.15, -0.1) is 0 Å². The Labute approximate surface area is 178 Å². The molecule has 29 heavy (non-hydrogen) atoms. The molecule has 0 radical (unpaired) electrons. The molecular formula is C27H40O2. The predicted molar refractivity (Wildman–Crippen MR) is 124 cm³/mol. The van der Waals surface area contributed by atoms with Gasteiger partial charge >= 0.3 is 0 Å². The monoisotopic (exact) mass is 396 g/mol. The molecule has 0 amide bonds. The average Bonchev–Trinajstić information content (AvgIpc) is 2.73. The van der Waals surface area contributed by atoms with E-state index in [1.165, 1.54) is 36.8 Å². The molecule has 2 nitrogen and oxygen atoms in total. The van der Waals surface area contributed by atoms with Crippen LogP contribution < -0.4 is 0 Å². The molecule has 0 aliphatic rings. The first-order valence-electron chi connectivity index (χ1n) is 11.7. The van der Waals surface area contributed by atoms with Crippen molar-refractivity contribution in [2.45, 2.75) is 97.3 Å². The minimum absolute atomic E-state index is 0.0968. The van der Waals surface area contributed by atoms with Gasteiger partial charge in [-0.3, -0.25) is 0 Å². The van der Waals surface area contributed by atoms with E-state index in [1.807, 2.05) is 12.1 Å². The third-order valence-corrected chi connectivity index (χ3v) is 6.57. The molecule has 0 aromatic heterocycles. The molecule has 2 heteroatoms. The SMILES string of the molecule is CCCCCc1cc(C(CC)(CC)c2ccc(O)c(CCCCC)c2)ccc1O. The van der Waals surface area contributed by atoms with Gasteiger partial charge in [0.15, 0.2) is 0 Å². The maximum Gasteiger partial charge on any atom is 0.118 e. The van der Waals surface area contributed by atoms with Crippen LogP contribution in [-0.4, -0.2) is 10.2 Å². The molecule has 2 aromatic rings. The largest absolute Gasteiger partial charge is 0.508 e. The van der Waals surface area contributed by atoms with Gasteiger partial charge in [-0.05, 0) is 72.9 Å². The Hall–Kier alpha value is -1.96. The quantitative estimate of drug-likeness (QED) is 0.361. The first kappa shape index (κ1) is 23.3. The fourth-order valence-electron chi connectivity index (χ4n) is 4.53. The third kappa shape index (κ3) is 5.56. The highest BCUT2D eigenvalue weighted by Crippen LogP contribution is 2.41. The van der Waals surface area contributed by atoms with E-state index in [9.17, 15) is 10.2 Å². The molecule has 0 atom stereocenters. The highest BCUT2D eigenvalue weighted by Gasteiger charge is 2.31. The van der Waals surface area contributed by atoms with Crippen LogP contribution in [0, 0.1) is 0 Å². The van der Waals surface area contributed by atoms with Gasteiger partial charge in [-0.1, -0.05) is 77.6 Å². The standard InChI is InChI=1S/C27H40O2/c1-5-9-11-13-21-19-23(15-17-25(21)28)27(7-3,8-4)24-16-18-26(29)22(20-24)14-12-10-6-2/h15-20,28-29H,5-14H2,1-4H3. The normalized spacial score (nSPS) is 11.7. The van der Waals surface area contributed by atoms with Crippen molar-refractivity contribution < 1.29 is 10.2 Å². The van der Waals surface area contributed by atoms with Crippen LogP contribution in [0.1, 0.15) is 101 Å². The summed E-state index contributed by atoms with van der Waals surface area (Å²) in [5.41, 5.74) is 4.57. The van der Waals surface area contributed by atoms with Gasteiger partial charge in [0.2, 0.25) is 0 Å². The summed E-state index contributed by atoms with van der Waals surface area (Å²) in [5, 5.41) is 20.8. The fraction of sp³-hybridized carbons (Fsp3) is 0.556. The molecule has 0 fully saturated rings. The van der Waals surface area contributed by atoms with Gasteiger partial charge in [0.05, 0.1) is 0 Å². The van der Waals surface area contributed by atoms with Crippen LogP contribution in [0.5, 0.6) is 11.5 Å². The maximum atomic E-state index is 10.4. The molecule has 2 N–H and O–H groups in total. The van der Waals surface area contributed by atoms with Crippen LogP contribution >= 0.6 is 0 Å². The number of phenols is 2. The molecule has 0 saturated carbocycles. The number of hydrogen-bond donors (Lipinski definition) is 2. The van der Waals surface area contributed by atoms with Gasteiger partial charge in [0, 0.05) is 5.41 Å². The van der Waals surface area contributed by atoms with E-state index in [0.717, 1.165) is 49.7 Å². The van der Waals surface area contributed by atoms with Crippen molar-refractivity contribution in [2.75, 3.05) is 0 Å². The Kier molecular flexibility index (Phi) is 9.07. The number of phenolic OH excluding ortho intramolecular Hbond substituents is 2. The molecule has 0 unspecified atom stereocenters. The summed E-state index contributed by atoms with van der Waals surface area (Å²) in [6, 6.07) is 12.4. The minimum atomic E-state index is -0.0968. The van der Waals surface area contributed by atoms with Gasteiger partial charge in [-0.2, -0.15) is 0 Å². The number of aryl methyl sites for hydroxylation is 2. The number of benzene rings is 2. The van der Waals surface area contributed by atoms with Crippen molar-refractivity contribution in [1.82, 2.24) is 0 Å². The van der Waals surface area contributed by atoms with Gasteiger partial charge in [-0.25, -0.2) is 0 Å². The van der Waals surface area contributed by atoms with Crippen molar-refractivity contribution in [3.63, 3.8) is 0 Å². The molecule has 0 saturated heterocycles. The van der Waals surface area contributed by atoms with Crippen LogP contribution in [-0.2, 0) is 18.3 Å². The second-order valence-electron chi connectivity index (χ2n) is 8.39. The zero-order chi connectivity index (χ0) is 21.3. The van der Waals surface area contributed by atoms with Gasteiger partial charge < -0.3 is 10.2 Å². The van der Waals surface area contributed by atoms with Crippen molar-refractivity contribution in [3.05, 3.63) is 58.7 Å². The summed E-state index contributed by atoms with van der Waals surface area (Å²) in [6.45, 7) is 8.91. The number of unbranched alkanes of at least 4 members (excludes halogenated alkanes) is 4. The number of aromatic hydroxyl groups is 2. The first-order chi connectivity index (χ1) is 14.0. The van der Waals surface area contributed by atoms with Gasteiger partial charge in [0.1, 0.15) is 11.5 Å². The Morgan fingerprint density at radius 2 is 1.03 bits per heavy atom. The third-order valence-electron chi connectivity index (χ3n) is 6.57. The smallest absolute Gasteiger partial charge is 0.118 e. The Morgan fingerprint density at radius 3 is 1.38 bits per heavy atom. The average molecular weight is 397 g/mol. The fourth-order valence-corrected chi connectivity index (χ4v) is 4.53. The lowest BCUT2D eigenvalue weighted by molar-refractivity contribution is 0.453. The molecule has 0 bridgehead atoms. The molecule has 0 spiro atoms. The molecule has 2 rings (SSSR count). The summed E-state index contributed by atoms with van der Waals surface area (Å²) in [5.74, 6) is 0.828. The van der Waals surface area contributed by atoms with E-state index in [0.29, 0.717) is 11.5 Å². The zero-order valence-corrected chi connectivity index (χ0v) is 18.9. The Morgan fingerprint density at radius 1 is 0.621 bits per heavy atom. The predicted octanol–water partition coefficient (Wildman–Crippen LogP) is 7.67. The summed E-state index contributed by atoms with van der Waals surface area (Å²) in [6.07, 6.45) is 10.8. The first-order valence-corrected chi connectivity index (χ1v) is 11.7. The van der Waals surface area contributed by atoms with Crippen LogP contribution in [0.4, 0.5) is 0 Å². The Bertz CT molecular complexity index is 698. The maximum absolute atomic E-state index is 10.4. The van der Waals surface area contributed by atoms with Crippen molar-refractivity contribution >= 4 is 0 Å². The van der Waals surface area contributed by atoms with E-state index in [1.54, 1.807) is 0 Å². The van der Waals surface area contributed by atoms with E-state index < -0.39 is 0 Å². The molecule has 2 aromatic carbocycles. The zero-order valence-electron chi connectivity index (χ0n) is 18.9. The highest BCUT2D eigenvalue weighted by molar-refractivity contribution is 5.48. The Balaban J connectivity index is 2.43. The van der Waals surface area contributed by atoms with Crippen LogP contribution in [0.3, 0.4) is 0 Å². The number of rotatable bonds is 12. The highest BCUT2D eigenvalue weighted by atomic mass is 16.3. The number of hydrogen-bond acceptors (Lipinski definition) is 2. The van der Waals surface area contributed by atoms with E-state index >= 15 is 0 Å². The van der Waals surface area contributed by atoms with Crippen LogP contribution in [0.25, 0.3) is 0 Å². The summed E-state index contributed by atoms with van der Waals surface area (Å²) in [7, 11) is 0. The second kappa shape index (κ2) is 11.3. The van der Waals surface area contributed by atoms with E-state index in [4.69, 9.17) is 0 Å². The summed E-state index contributed by atoms with van der Waals surface area (Å²) < 4.78 is 0. The van der Waals surface area contributed by atoms with Crippen molar-refractivity contribution in [2.24, 2.45) is 0 Å². The lowest BCUT2D eigenvalue weighted by atomic mass is 9.69. The summed E-state index contributed by atoms with van der Waals surface area (Å²) in [4.78, 5) is 0. The molecule has 160 valence electrons. The minimum Gasteiger partial charge on any atom is -0.508 e. The van der Waals surface area contributed by atoms with Crippen molar-refractivity contribution in [3.8, 4) is 11.5 Å².